The Bertz CT molecular complexity index is 663. The molecule has 0 radical (unpaired) electrons. The van der Waals surface area contributed by atoms with E-state index >= 15 is 0 Å². The van der Waals surface area contributed by atoms with Crippen molar-refractivity contribution in [3.63, 3.8) is 0 Å². The summed E-state index contributed by atoms with van der Waals surface area (Å²) in [6.45, 7) is -0.235. The Morgan fingerprint density at radius 2 is 1.04 bits per heavy atom. The van der Waals surface area contributed by atoms with Crippen LogP contribution in [0.2, 0.25) is 0 Å². The summed E-state index contributed by atoms with van der Waals surface area (Å²) >= 11 is 1.65. The van der Waals surface area contributed by atoms with Crippen molar-refractivity contribution in [3.8, 4) is 0 Å². The highest BCUT2D eigenvalue weighted by Gasteiger charge is 2.37. The zero-order valence-corrected chi connectivity index (χ0v) is 14.8. The molecular weight excluding hydrogens is 328 g/mol. The Hall–Kier alpha value is -2.07. The minimum absolute atomic E-state index is 0.235. The van der Waals surface area contributed by atoms with E-state index in [0.29, 0.717) is 5.75 Å². The number of rotatable bonds is 7. The van der Waals surface area contributed by atoms with Gasteiger partial charge in [0.2, 0.25) is 0 Å². The van der Waals surface area contributed by atoms with E-state index in [1.54, 1.807) is 11.8 Å². The van der Waals surface area contributed by atoms with Gasteiger partial charge in [0.1, 0.15) is 0 Å². The Balaban J connectivity index is 2.20. The van der Waals surface area contributed by atoms with Gasteiger partial charge in [0.15, 0.2) is 0 Å². The average Bonchev–Trinajstić information content (AvgIpc) is 2.71. The minimum atomic E-state index is -0.750. The maximum Gasteiger partial charge on any atom is 0.0907 e. The molecule has 3 aromatic carbocycles. The van der Waals surface area contributed by atoms with Crippen LogP contribution in [-0.2, 0) is 4.75 Å². The molecule has 25 heavy (non-hydrogen) atoms. The van der Waals surface area contributed by atoms with Crippen molar-refractivity contribution < 1.29 is 10.2 Å². The van der Waals surface area contributed by atoms with Gasteiger partial charge in [-0.15, -0.1) is 11.8 Å². The van der Waals surface area contributed by atoms with E-state index in [1.807, 2.05) is 54.6 Å². The van der Waals surface area contributed by atoms with Gasteiger partial charge in [-0.2, -0.15) is 0 Å². The number of hydrogen-bond acceptors (Lipinski definition) is 3. The first kappa shape index (κ1) is 17.7. The molecule has 0 aliphatic rings. The van der Waals surface area contributed by atoms with Gasteiger partial charge in [-0.05, 0) is 16.7 Å². The van der Waals surface area contributed by atoms with Gasteiger partial charge in [-0.1, -0.05) is 91.0 Å². The number of hydrogen-bond donors (Lipinski definition) is 2. The van der Waals surface area contributed by atoms with Crippen molar-refractivity contribution >= 4 is 11.8 Å². The molecule has 1 atom stereocenters. The average molecular weight is 350 g/mol. The minimum Gasteiger partial charge on any atom is -0.394 e. The van der Waals surface area contributed by atoms with Crippen molar-refractivity contribution in [2.24, 2.45) is 0 Å². The molecule has 0 spiro atoms. The van der Waals surface area contributed by atoms with Gasteiger partial charge < -0.3 is 10.2 Å². The van der Waals surface area contributed by atoms with Crippen molar-refractivity contribution in [3.05, 3.63) is 108 Å². The lowest BCUT2D eigenvalue weighted by molar-refractivity contribution is 0.113. The van der Waals surface area contributed by atoms with Gasteiger partial charge in [0, 0.05) is 5.75 Å². The predicted octanol–water partition coefficient (Wildman–Crippen LogP) is 4.06. The van der Waals surface area contributed by atoms with E-state index in [9.17, 15) is 10.2 Å². The maximum atomic E-state index is 9.99. The van der Waals surface area contributed by atoms with Crippen LogP contribution in [0.5, 0.6) is 0 Å². The van der Waals surface area contributed by atoms with E-state index in [0.717, 1.165) is 16.7 Å². The van der Waals surface area contributed by atoms with Crippen LogP contribution < -0.4 is 0 Å². The van der Waals surface area contributed by atoms with Crippen LogP contribution in [0.1, 0.15) is 16.7 Å². The first-order chi connectivity index (χ1) is 12.3. The van der Waals surface area contributed by atoms with E-state index in [-0.39, 0.29) is 6.61 Å². The summed E-state index contributed by atoms with van der Waals surface area (Å²) in [7, 11) is 0. The largest absolute Gasteiger partial charge is 0.394 e. The zero-order valence-electron chi connectivity index (χ0n) is 14.0. The third-order valence-corrected chi connectivity index (χ3v) is 5.94. The molecule has 0 unspecified atom stereocenters. The van der Waals surface area contributed by atoms with Crippen LogP contribution in [0.25, 0.3) is 0 Å². The SMILES string of the molecule is OC[C@@H](O)CSC(c1ccccc1)(c1ccccc1)c1ccccc1. The van der Waals surface area contributed by atoms with Crippen LogP contribution in [0.4, 0.5) is 0 Å². The highest BCUT2D eigenvalue weighted by Crippen LogP contribution is 2.48. The molecule has 0 aliphatic heterocycles. The Labute approximate surface area is 153 Å². The van der Waals surface area contributed by atoms with Crippen molar-refractivity contribution in [2.45, 2.75) is 10.9 Å². The topological polar surface area (TPSA) is 40.5 Å². The molecule has 0 saturated heterocycles. The van der Waals surface area contributed by atoms with E-state index < -0.39 is 10.9 Å². The Kier molecular flexibility index (Phi) is 5.92. The molecule has 128 valence electrons. The number of thioether (sulfide) groups is 1. The van der Waals surface area contributed by atoms with Gasteiger partial charge in [0.05, 0.1) is 17.5 Å². The second-order valence-electron chi connectivity index (χ2n) is 5.93. The van der Waals surface area contributed by atoms with Crippen LogP contribution in [0.15, 0.2) is 91.0 Å². The summed E-state index contributed by atoms with van der Waals surface area (Å²) in [6.07, 6.45) is -0.750. The molecule has 0 bridgehead atoms. The molecular formula is C22H22O2S. The number of aliphatic hydroxyl groups excluding tert-OH is 2. The van der Waals surface area contributed by atoms with E-state index in [1.165, 1.54) is 0 Å². The summed E-state index contributed by atoms with van der Waals surface area (Å²) < 4.78 is -0.445. The normalized spacial score (nSPS) is 12.7. The fourth-order valence-electron chi connectivity index (χ4n) is 3.04. The second kappa shape index (κ2) is 8.34. The summed E-state index contributed by atoms with van der Waals surface area (Å²) in [5.41, 5.74) is 3.47. The van der Waals surface area contributed by atoms with Gasteiger partial charge in [-0.25, -0.2) is 0 Å². The van der Waals surface area contributed by atoms with E-state index in [2.05, 4.69) is 36.4 Å². The van der Waals surface area contributed by atoms with Crippen LogP contribution >= 0.6 is 11.8 Å². The number of aliphatic hydroxyl groups is 2. The molecule has 2 nitrogen and oxygen atoms in total. The summed E-state index contributed by atoms with van der Waals surface area (Å²) in [5.74, 6) is 0.440. The lowest BCUT2D eigenvalue weighted by Gasteiger charge is -2.36. The van der Waals surface area contributed by atoms with Crippen molar-refractivity contribution in [2.75, 3.05) is 12.4 Å². The highest BCUT2D eigenvalue weighted by molar-refractivity contribution is 8.00. The molecule has 3 heteroatoms. The Morgan fingerprint density at radius 1 is 0.680 bits per heavy atom. The molecule has 0 saturated carbocycles. The van der Waals surface area contributed by atoms with E-state index in [4.69, 9.17) is 0 Å². The van der Waals surface area contributed by atoms with Crippen LogP contribution in [0, 0.1) is 0 Å². The summed E-state index contributed by atoms with van der Waals surface area (Å²) in [4.78, 5) is 0. The summed E-state index contributed by atoms with van der Waals surface area (Å²) in [6, 6.07) is 31.0. The van der Waals surface area contributed by atoms with Crippen molar-refractivity contribution in [1.29, 1.82) is 0 Å². The summed E-state index contributed by atoms with van der Waals surface area (Å²) in [5, 5.41) is 19.3. The molecule has 3 aromatic rings. The quantitative estimate of drug-likeness (QED) is 0.631. The molecule has 0 fully saturated rings. The number of benzene rings is 3. The van der Waals surface area contributed by atoms with Gasteiger partial charge in [-0.3, -0.25) is 0 Å². The fraction of sp³-hybridized carbons (Fsp3) is 0.182. The first-order valence-corrected chi connectivity index (χ1v) is 9.35. The standard InChI is InChI=1S/C22H22O2S/c23-16-21(24)17-25-22(18-10-4-1-5-11-18,19-12-6-2-7-13-19)20-14-8-3-9-15-20/h1-15,21,23-24H,16-17H2/t21-/m1/s1. The third-order valence-electron chi connectivity index (χ3n) is 4.24. The maximum absolute atomic E-state index is 9.99. The first-order valence-electron chi connectivity index (χ1n) is 8.37. The fourth-order valence-corrected chi connectivity index (χ4v) is 4.50. The molecule has 0 aliphatic carbocycles. The van der Waals surface area contributed by atoms with Crippen LogP contribution in [-0.4, -0.2) is 28.7 Å². The lowest BCUT2D eigenvalue weighted by atomic mass is 9.84. The lowest BCUT2D eigenvalue weighted by Crippen LogP contribution is -2.29. The molecule has 0 amide bonds. The smallest absolute Gasteiger partial charge is 0.0907 e. The van der Waals surface area contributed by atoms with Crippen molar-refractivity contribution in [1.82, 2.24) is 0 Å². The molecule has 2 N–H and O–H groups in total. The molecule has 0 heterocycles. The Morgan fingerprint density at radius 3 is 1.36 bits per heavy atom. The third kappa shape index (κ3) is 3.79. The molecule has 3 rings (SSSR count). The highest BCUT2D eigenvalue weighted by atomic mass is 32.2. The van der Waals surface area contributed by atoms with Gasteiger partial charge in [0.25, 0.3) is 0 Å². The monoisotopic (exact) mass is 350 g/mol. The van der Waals surface area contributed by atoms with Gasteiger partial charge >= 0.3 is 0 Å². The second-order valence-corrected chi connectivity index (χ2v) is 7.16. The zero-order chi connectivity index (χ0) is 17.5. The van der Waals surface area contributed by atoms with Crippen LogP contribution in [0.3, 0.4) is 0 Å². The molecule has 0 aromatic heterocycles. The predicted molar refractivity (Wildman–Crippen MR) is 105 cm³/mol.